The number of methoxy groups -OCH3 is 2. The number of rotatable bonds is 5. The maximum Gasteiger partial charge on any atom is 0.308 e. The Morgan fingerprint density at radius 1 is 1.32 bits per heavy atom. The van der Waals surface area contributed by atoms with E-state index in [0.29, 0.717) is 41.2 Å². The van der Waals surface area contributed by atoms with Crippen molar-refractivity contribution in [3.05, 3.63) is 28.0 Å². The Hall–Kier alpha value is -2.70. The summed E-state index contributed by atoms with van der Waals surface area (Å²) in [5.41, 5.74) is 0.999. The second-order valence-corrected chi connectivity index (χ2v) is 6.03. The molecule has 3 rings (SSSR count). The molecular formula is C18H21NO6. The molecule has 0 fully saturated rings. The minimum Gasteiger partial charge on any atom is -0.496 e. The monoisotopic (exact) mass is 347 g/mol. The van der Waals surface area contributed by atoms with Gasteiger partial charge in [-0.05, 0) is 25.0 Å². The number of aromatic nitrogens is 1. The van der Waals surface area contributed by atoms with Crippen LogP contribution >= 0.6 is 0 Å². The smallest absolute Gasteiger partial charge is 0.308 e. The summed E-state index contributed by atoms with van der Waals surface area (Å²) in [6, 6.07) is 3.66. The van der Waals surface area contributed by atoms with Crippen molar-refractivity contribution in [2.75, 3.05) is 21.0 Å². The van der Waals surface area contributed by atoms with Gasteiger partial charge in [0.05, 0.1) is 25.7 Å². The standard InChI is InChI=1S/C18H21NO6/c1-10(18(21)23-4)5-6-12-15(22-3)11-7-8-13-16(25-9-24-13)14(11)19(2)17(12)20/h7-8,10H,5-6,9H2,1-4H3/t10-/m1/s1. The molecule has 1 aromatic heterocycles. The van der Waals surface area contributed by atoms with Gasteiger partial charge >= 0.3 is 5.97 Å². The fourth-order valence-electron chi connectivity index (χ4n) is 3.17. The molecule has 1 atom stereocenters. The number of pyridine rings is 1. The number of fused-ring (bicyclic) bond motifs is 3. The van der Waals surface area contributed by atoms with Gasteiger partial charge in [-0.2, -0.15) is 0 Å². The number of ether oxygens (including phenoxy) is 4. The maximum atomic E-state index is 12.9. The van der Waals surface area contributed by atoms with E-state index in [4.69, 9.17) is 18.9 Å². The van der Waals surface area contributed by atoms with Gasteiger partial charge in [-0.1, -0.05) is 6.92 Å². The molecule has 134 valence electrons. The van der Waals surface area contributed by atoms with Gasteiger partial charge in [0.25, 0.3) is 5.56 Å². The highest BCUT2D eigenvalue weighted by atomic mass is 16.7. The number of esters is 1. The molecule has 0 aliphatic carbocycles. The summed E-state index contributed by atoms with van der Waals surface area (Å²) in [4.78, 5) is 24.5. The lowest BCUT2D eigenvalue weighted by Crippen LogP contribution is -2.24. The topological polar surface area (TPSA) is 76.0 Å². The molecule has 0 amide bonds. The molecule has 1 aliphatic heterocycles. The number of aryl methyl sites for hydroxylation is 1. The normalized spacial score (nSPS) is 13.8. The fraction of sp³-hybridized carbons (Fsp3) is 0.444. The van der Waals surface area contributed by atoms with Crippen molar-refractivity contribution in [2.24, 2.45) is 13.0 Å². The van der Waals surface area contributed by atoms with Gasteiger partial charge in [-0.25, -0.2) is 0 Å². The van der Waals surface area contributed by atoms with Crippen LogP contribution in [-0.2, 0) is 23.0 Å². The van der Waals surface area contributed by atoms with Crippen molar-refractivity contribution >= 4 is 16.9 Å². The lowest BCUT2D eigenvalue weighted by molar-refractivity contribution is -0.145. The van der Waals surface area contributed by atoms with E-state index < -0.39 is 0 Å². The molecule has 1 aliphatic rings. The van der Waals surface area contributed by atoms with Gasteiger partial charge < -0.3 is 23.5 Å². The Morgan fingerprint density at radius 2 is 2.08 bits per heavy atom. The molecule has 0 saturated carbocycles. The van der Waals surface area contributed by atoms with E-state index in [1.54, 1.807) is 24.6 Å². The Balaban J connectivity index is 2.11. The SMILES string of the molecule is COC(=O)[C@H](C)CCc1c(OC)c2ccc3c(c2n(C)c1=O)OCO3. The first-order valence-electron chi connectivity index (χ1n) is 8.05. The van der Waals surface area contributed by atoms with Crippen LogP contribution in [-0.4, -0.2) is 31.5 Å². The van der Waals surface area contributed by atoms with E-state index in [2.05, 4.69) is 0 Å². The molecule has 2 heterocycles. The average molecular weight is 347 g/mol. The first-order valence-corrected chi connectivity index (χ1v) is 8.05. The molecular weight excluding hydrogens is 326 g/mol. The molecule has 2 aromatic rings. The Labute approximate surface area is 145 Å². The molecule has 0 unspecified atom stereocenters. The van der Waals surface area contributed by atoms with Crippen LogP contribution in [0.2, 0.25) is 0 Å². The minimum atomic E-state index is -0.299. The first-order chi connectivity index (χ1) is 12.0. The van der Waals surface area contributed by atoms with Gasteiger partial charge in [0.1, 0.15) is 11.3 Å². The van der Waals surface area contributed by atoms with Crippen LogP contribution in [0.5, 0.6) is 17.2 Å². The van der Waals surface area contributed by atoms with E-state index in [0.717, 1.165) is 5.39 Å². The lowest BCUT2D eigenvalue weighted by Gasteiger charge is -2.16. The molecule has 1 aromatic carbocycles. The highest BCUT2D eigenvalue weighted by Gasteiger charge is 2.25. The lowest BCUT2D eigenvalue weighted by atomic mass is 9.99. The maximum absolute atomic E-state index is 12.9. The van der Waals surface area contributed by atoms with Crippen molar-refractivity contribution in [3.63, 3.8) is 0 Å². The zero-order valence-corrected chi connectivity index (χ0v) is 14.8. The first kappa shape index (κ1) is 17.1. The quantitative estimate of drug-likeness (QED) is 0.770. The third kappa shape index (κ3) is 2.79. The number of carbonyl (C=O) groups excluding carboxylic acids is 1. The third-order valence-corrected chi connectivity index (χ3v) is 4.56. The number of hydrogen-bond donors (Lipinski definition) is 0. The van der Waals surface area contributed by atoms with Crippen LogP contribution in [0.4, 0.5) is 0 Å². The van der Waals surface area contributed by atoms with Crippen molar-refractivity contribution in [1.82, 2.24) is 4.57 Å². The van der Waals surface area contributed by atoms with Crippen LogP contribution in [0.3, 0.4) is 0 Å². The largest absolute Gasteiger partial charge is 0.496 e. The molecule has 0 N–H and O–H groups in total. The Morgan fingerprint density at radius 3 is 2.76 bits per heavy atom. The van der Waals surface area contributed by atoms with Crippen LogP contribution < -0.4 is 19.8 Å². The summed E-state index contributed by atoms with van der Waals surface area (Å²) in [6.07, 6.45) is 0.908. The Bertz CT molecular complexity index is 885. The molecule has 7 heteroatoms. The molecule has 7 nitrogen and oxygen atoms in total. The molecule has 25 heavy (non-hydrogen) atoms. The van der Waals surface area contributed by atoms with Crippen molar-refractivity contribution in [1.29, 1.82) is 0 Å². The number of carbonyl (C=O) groups is 1. The van der Waals surface area contributed by atoms with Crippen molar-refractivity contribution < 1.29 is 23.7 Å². The molecule has 0 saturated heterocycles. The van der Waals surface area contributed by atoms with Gasteiger partial charge in [-0.15, -0.1) is 0 Å². The van der Waals surface area contributed by atoms with E-state index in [-0.39, 0.29) is 24.2 Å². The van der Waals surface area contributed by atoms with E-state index in [1.807, 2.05) is 6.07 Å². The highest BCUT2D eigenvalue weighted by molar-refractivity contribution is 5.93. The van der Waals surface area contributed by atoms with Crippen molar-refractivity contribution in [3.8, 4) is 17.2 Å². The molecule has 0 bridgehead atoms. The summed E-state index contributed by atoms with van der Waals surface area (Å²) < 4.78 is 22.8. The summed E-state index contributed by atoms with van der Waals surface area (Å²) in [6.45, 7) is 1.91. The fourth-order valence-corrected chi connectivity index (χ4v) is 3.17. The average Bonchev–Trinajstić information content (AvgIpc) is 3.10. The van der Waals surface area contributed by atoms with Crippen LogP contribution in [0.15, 0.2) is 16.9 Å². The van der Waals surface area contributed by atoms with Crippen LogP contribution in [0, 0.1) is 5.92 Å². The highest BCUT2D eigenvalue weighted by Crippen LogP contribution is 2.42. The molecule has 0 radical (unpaired) electrons. The number of benzene rings is 1. The third-order valence-electron chi connectivity index (χ3n) is 4.56. The predicted octanol–water partition coefficient (Wildman–Crippen LogP) is 2.02. The number of hydrogen-bond acceptors (Lipinski definition) is 6. The van der Waals surface area contributed by atoms with Crippen LogP contribution in [0.1, 0.15) is 18.9 Å². The zero-order valence-electron chi connectivity index (χ0n) is 14.8. The molecule has 0 spiro atoms. The number of nitrogens with zero attached hydrogens (tertiary/aromatic N) is 1. The van der Waals surface area contributed by atoms with Gasteiger partial charge in [-0.3, -0.25) is 9.59 Å². The predicted molar refractivity (Wildman–Crippen MR) is 91.4 cm³/mol. The van der Waals surface area contributed by atoms with Crippen molar-refractivity contribution in [2.45, 2.75) is 19.8 Å². The minimum absolute atomic E-state index is 0.128. The summed E-state index contributed by atoms with van der Waals surface area (Å²) in [7, 11) is 4.59. The summed E-state index contributed by atoms with van der Waals surface area (Å²) in [5.74, 6) is 1.07. The van der Waals surface area contributed by atoms with E-state index in [9.17, 15) is 9.59 Å². The van der Waals surface area contributed by atoms with Gasteiger partial charge in [0, 0.05) is 12.4 Å². The summed E-state index contributed by atoms with van der Waals surface area (Å²) in [5, 5.41) is 0.773. The van der Waals surface area contributed by atoms with Crippen LogP contribution in [0.25, 0.3) is 10.9 Å². The summed E-state index contributed by atoms with van der Waals surface area (Å²) >= 11 is 0. The second-order valence-electron chi connectivity index (χ2n) is 6.03. The second kappa shape index (κ2) is 6.66. The van der Waals surface area contributed by atoms with E-state index in [1.165, 1.54) is 14.2 Å². The zero-order chi connectivity index (χ0) is 18.1. The van der Waals surface area contributed by atoms with Gasteiger partial charge in [0.15, 0.2) is 11.5 Å². The van der Waals surface area contributed by atoms with Gasteiger partial charge in [0.2, 0.25) is 6.79 Å². The Kier molecular flexibility index (Phi) is 4.57. The van der Waals surface area contributed by atoms with E-state index >= 15 is 0 Å².